The van der Waals surface area contributed by atoms with E-state index in [9.17, 15) is 4.79 Å². The predicted molar refractivity (Wildman–Crippen MR) is 103 cm³/mol. The number of fused-ring (bicyclic) bond motifs is 1. The van der Waals surface area contributed by atoms with E-state index < -0.39 is 0 Å². The second-order valence-corrected chi connectivity index (χ2v) is 7.15. The van der Waals surface area contributed by atoms with Crippen LogP contribution in [0.5, 0.6) is 0 Å². The molecule has 7 heteroatoms. The van der Waals surface area contributed by atoms with Crippen LogP contribution in [0.3, 0.4) is 0 Å². The number of rotatable bonds is 7. The molecule has 1 fully saturated rings. The summed E-state index contributed by atoms with van der Waals surface area (Å²) in [5, 5.41) is 8.14. The van der Waals surface area contributed by atoms with Crippen molar-refractivity contribution in [2.45, 2.75) is 38.1 Å². The molecule has 0 saturated heterocycles. The largest absolute Gasteiger partial charge is 0.346 e. The summed E-state index contributed by atoms with van der Waals surface area (Å²) in [6, 6.07) is 10.3. The molecule has 0 spiro atoms. The number of benzene rings is 1. The van der Waals surface area contributed by atoms with Gasteiger partial charge in [0.15, 0.2) is 5.82 Å². The first kappa shape index (κ1) is 17.6. The van der Waals surface area contributed by atoms with E-state index in [0.29, 0.717) is 31.3 Å². The fourth-order valence-corrected chi connectivity index (χ4v) is 3.30. The smallest absolute Gasteiger partial charge is 0.317 e. The average Bonchev–Trinajstić information content (AvgIpc) is 3.25. The normalized spacial score (nSPS) is 14.3. The van der Waals surface area contributed by atoms with Crippen molar-refractivity contribution in [3.8, 4) is 0 Å². The van der Waals surface area contributed by atoms with Crippen molar-refractivity contribution < 1.29 is 9.32 Å². The molecule has 1 saturated carbocycles. The number of hydrogen-bond donors (Lipinski definition) is 1. The molecule has 0 unspecified atom stereocenters. The average molecular weight is 367 g/mol. The number of para-hydroxylation sites is 1. The highest BCUT2D eigenvalue weighted by atomic mass is 16.5. The van der Waals surface area contributed by atoms with Crippen molar-refractivity contribution in [3.63, 3.8) is 0 Å². The summed E-state index contributed by atoms with van der Waals surface area (Å²) in [6.45, 7) is 1.89. The van der Waals surface area contributed by atoms with E-state index in [-0.39, 0.29) is 6.03 Å². The van der Waals surface area contributed by atoms with E-state index in [0.717, 1.165) is 25.3 Å². The lowest BCUT2D eigenvalue weighted by Gasteiger charge is -2.20. The minimum absolute atomic E-state index is 0.0887. The van der Waals surface area contributed by atoms with Crippen LogP contribution >= 0.6 is 0 Å². The van der Waals surface area contributed by atoms with Gasteiger partial charge in [-0.2, -0.15) is 4.98 Å². The Hall–Kier alpha value is -2.83. The van der Waals surface area contributed by atoms with Crippen LogP contribution in [0.1, 0.15) is 36.9 Å². The summed E-state index contributed by atoms with van der Waals surface area (Å²) < 4.78 is 7.47. The standard InChI is InChI=1S/C20H25N5O2/c1-24(13-14-25-12-10-15-5-2-3-8-17(15)25)20(26)21-11-9-18-22-19(27-23-18)16-6-4-7-16/h2-3,5,8,10,12,16H,4,6-7,9,11,13-14H2,1H3,(H,21,26). The zero-order valence-corrected chi connectivity index (χ0v) is 15.6. The number of nitrogens with zero attached hydrogens (tertiary/aromatic N) is 4. The highest BCUT2D eigenvalue weighted by Gasteiger charge is 2.25. The van der Waals surface area contributed by atoms with E-state index in [2.05, 4.69) is 44.4 Å². The SMILES string of the molecule is CN(CCn1ccc2ccccc21)C(=O)NCCc1noc(C2CCC2)n1. The van der Waals surface area contributed by atoms with Gasteiger partial charge in [-0.15, -0.1) is 0 Å². The molecule has 2 amide bonds. The van der Waals surface area contributed by atoms with E-state index in [1.807, 2.05) is 19.2 Å². The minimum atomic E-state index is -0.0887. The fourth-order valence-electron chi connectivity index (χ4n) is 3.30. The summed E-state index contributed by atoms with van der Waals surface area (Å²) in [5.41, 5.74) is 1.19. The van der Waals surface area contributed by atoms with E-state index in [4.69, 9.17) is 4.52 Å². The monoisotopic (exact) mass is 367 g/mol. The third kappa shape index (κ3) is 3.97. The molecule has 1 aromatic carbocycles. The van der Waals surface area contributed by atoms with Gasteiger partial charge in [-0.3, -0.25) is 0 Å². The highest BCUT2D eigenvalue weighted by Crippen LogP contribution is 2.35. The maximum absolute atomic E-state index is 12.3. The number of urea groups is 1. The first-order valence-corrected chi connectivity index (χ1v) is 9.56. The number of nitrogens with one attached hydrogen (secondary N) is 1. The van der Waals surface area contributed by atoms with Crippen LogP contribution in [0.15, 0.2) is 41.1 Å². The molecule has 0 aliphatic heterocycles. The lowest BCUT2D eigenvalue weighted by Crippen LogP contribution is -2.39. The van der Waals surface area contributed by atoms with Gasteiger partial charge in [-0.05, 0) is 30.4 Å². The van der Waals surface area contributed by atoms with Gasteiger partial charge in [-0.25, -0.2) is 4.79 Å². The zero-order chi connectivity index (χ0) is 18.6. The molecular formula is C20H25N5O2. The third-order valence-electron chi connectivity index (χ3n) is 5.27. The van der Waals surface area contributed by atoms with Crippen LogP contribution in [0.2, 0.25) is 0 Å². The number of carbonyl (C=O) groups is 1. The Morgan fingerprint density at radius 2 is 2.19 bits per heavy atom. The summed E-state index contributed by atoms with van der Waals surface area (Å²) >= 11 is 0. The van der Waals surface area contributed by atoms with Crippen molar-refractivity contribution >= 4 is 16.9 Å². The van der Waals surface area contributed by atoms with Crippen molar-refractivity contribution in [1.29, 1.82) is 0 Å². The Kier molecular flexibility index (Phi) is 5.09. The first-order chi connectivity index (χ1) is 13.2. The maximum atomic E-state index is 12.3. The molecule has 1 N–H and O–H groups in total. The summed E-state index contributed by atoms with van der Waals surface area (Å²) in [5.74, 6) is 1.86. The van der Waals surface area contributed by atoms with Crippen LogP contribution in [0.25, 0.3) is 10.9 Å². The van der Waals surface area contributed by atoms with Gasteiger partial charge in [-0.1, -0.05) is 29.8 Å². The Labute approximate surface area is 158 Å². The summed E-state index contributed by atoms with van der Waals surface area (Å²) in [4.78, 5) is 18.4. The van der Waals surface area contributed by atoms with E-state index in [1.165, 1.54) is 17.3 Å². The zero-order valence-electron chi connectivity index (χ0n) is 15.6. The minimum Gasteiger partial charge on any atom is -0.346 e. The molecule has 27 heavy (non-hydrogen) atoms. The van der Waals surface area contributed by atoms with Crippen LogP contribution in [-0.4, -0.2) is 45.8 Å². The van der Waals surface area contributed by atoms with Crippen LogP contribution in [0.4, 0.5) is 4.79 Å². The van der Waals surface area contributed by atoms with Gasteiger partial charge in [0.1, 0.15) is 0 Å². The van der Waals surface area contributed by atoms with Crippen LogP contribution in [-0.2, 0) is 13.0 Å². The van der Waals surface area contributed by atoms with Crippen molar-refractivity contribution in [2.24, 2.45) is 0 Å². The Morgan fingerprint density at radius 3 is 3.00 bits per heavy atom. The Bertz CT molecular complexity index is 912. The van der Waals surface area contributed by atoms with Crippen molar-refractivity contribution in [1.82, 2.24) is 24.9 Å². The van der Waals surface area contributed by atoms with Gasteiger partial charge >= 0.3 is 6.03 Å². The molecule has 142 valence electrons. The maximum Gasteiger partial charge on any atom is 0.317 e. The second kappa shape index (κ2) is 7.82. The molecule has 0 atom stereocenters. The fraction of sp³-hybridized carbons (Fsp3) is 0.450. The highest BCUT2D eigenvalue weighted by molar-refractivity contribution is 5.80. The van der Waals surface area contributed by atoms with Crippen LogP contribution < -0.4 is 5.32 Å². The number of carbonyl (C=O) groups excluding carboxylic acids is 1. The molecule has 0 radical (unpaired) electrons. The van der Waals surface area contributed by atoms with Gasteiger partial charge < -0.3 is 19.3 Å². The first-order valence-electron chi connectivity index (χ1n) is 9.56. The lowest BCUT2D eigenvalue weighted by atomic mass is 9.85. The molecule has 7 nitrogen and oxygen atoms in total. The molecule has 1 aliphatic carbocycles. The molecule has 3 aromatic rings. The van der Waals surface area contributed by atoms with E-state index >= 15 is 0 Å². The third-order valence-corrected chi connectivity index (χ3v) is 5.27. The van der Waals surface area contributed by atoms with Gasteiger partial charge in [0.05, 0.1) is 0 Å². The number of aromatic nitrogens is 3. The number of likely N-dealkylation sites (N-methyl/N-ethyl adjacent to an activating group) is 1. The van der Waals surface area contributed by atoms with Crippen molar-refractivity contribution in [2.75, 3.05) is 20.1 Å². The number of amides is 2. The molecular weight excluding hydrogens is 342 g/mol. The van der Waals surface area contributed by atoms with Crippen molar-refractivity contribution in [3.05, 3.63) is 48.2 Å². The van der Waals surface area contributed by atoms with Gasteiger partial charge in [0, 0.05) is 50.7 Å². The molecule has 2 aromatic heterocycles. The number of hydrogen-bond acceptors (Lipinski definition) is 4. The quantitative estimate of drug-likeness (QED) is 0.696. The molecule has 2 heterocycles. The Balaban J connectivity index is 1.21. The van der Waals surface area contributed by atoms with E-state index in [1.54, 1.807) is 4.90 Å². The summed E-state index contributed by atoms with van der Waals surface area (Å²) in [7, 11) is 1.81. The molecule has 0 bridgehead atoms. The molecule has 1 aliphatic rings. The lowest BCUT2D eigenvalue weighted by molar-refractivity contribution is 0.207. The Morgan fingerprint density at radius 1 is 1.33 bits per heavy atom. The topological polar surface area (TPSA) is 76.2 Å². The van der Waals surface area contributed by atoms with Gasteiger partial charge in [0.2, 0.25) is 5.89 Å². The summed E-state index contributed by atoms with van der Waals surface area (Å²) in [6.07, 6.45) is 6.16. The predicted octanol–water partition coefficient (Wildman–Crippen LogP) is 3.18. The second-order valence-electron chi connectivity index (χ2n) is 7.15. The van der Waals surface area contributed by atoms with Crippen LogP contribution in [0, 0.1) is 0 Å². The van der Waals surface area contributed by atoms with Gasteiger partial charge in [0.25, 0.3) is 0 Å². The molecule has 4 rings (SSSR count).